The largest absolute Gasteiger partial charge is 0.379 e. The van der Waals surface area contributed by atoms with Gasteiger partial charge in [0.15, 0.2) is 5.96 Å². The minimum absolute atomic E-state index is 0.118. The van der Waals surface area contributed by atoms with Gasteiger partial charge in [0.1, 0.15) is 0 Å². The summed E-state index contributed by atoms with van der Waals surface area (Å²) in [4.78, 5) is 9.35. The quantitative estimate of drug-likeness (QED) is 0.664. The summed E-state index contributed by atoms with van der Waals surface area (Å²) >= 11 is 0. The van der Waals surface area contributed by atoms with Crippen molar-refractivity contribution in [3.8, 4) is 0 Å². The topological polar surface area (TPSA) is 40.1 Å². The molecule has 2 aliphatic heterocycles. The number of hydrogen-bond donors (Lipinski definition) is 1. The van der Waals surface area contributed by atoms with Gasteiger partial charge in [0.05, 0.1) is 13.2 Å². The molecule has 2 saturated heterocycles. The lowest BCUT2D eigenvalue weighted by Crippen LogP contribution is -2.72. The van der Waals surface area contributed by atoms with Crippen LogP contribution in [0.4, 0.5) is 0 Å². The van der Waals surface area contributed by atoms with Gasteiger partial charge in [-0.25, -0.2) is 0 Å². The Kier molecular flexibility index (Phi) is 5.58. The number of rotatable bonds is 4. The molecule has 5 nitrogen and oxygen atoms in total. The Morgan fingerprint density at radius 2 is 1.85 bits per heavy atom. The van der Waals surface area contributed by atoms with Crippen molar-refractivity contribution in [1.82, 2.24) is 15.1 Å². The first-order valence-corrected chi connectivity index (χ1v) is 9.70. The third kappa shape index (κ3) is 3.89. The molecule has 0 bridgehead atoms. The van der Waals surface area contributed by atoms with E-state index in [1.165, 1.54) is 11.1 Å². The number of benzene rings is 1. The lowest BCUT2D eigenvalue weighted by molar-refractivity contribution is -0.0667. The SMILES string of the molecule is CN=C(NCc1cccc(CN2CCOCC2)c1)N1CC(C)(C)C1(C)C. The van der Waals surface area contributed by atoms with Crippen LogP contribution in [0.2, 0.25) is 0 Å². The summed E-state index contributed by atoms with van der Waals surface area (Å²) < 4.78 is 5.44. The van der Waals surface area contributed by atoms with Gasteiger partial charge in [0, 0.05) is 50.7 Å². The lowest BCUT2D eigenvalue weighted by Gasteiger charge is -2.62. The van der Waals surface area contributed by atoms with Gasteiger partial charge in [-0.05, 0) is 25.0 Å². The highest BCUT2D eigenvalue weighted by atomic mass is 16.5. The van der Waals surface area contributed by atoms with E-state index in [-0.39, 0.29) is 5.54 Å². The minimum atomic E-state index is 0.118. The van der Waals surface area contributed by atoms with E-state index in [4.69, 9.17) is 4.74 Å². The predicted molar refractivity (Wildman–Crippen MR) is 107 cm³/mol. The summed E-state index contributed by atoms with van der Waals surface area (Å²) in [5, 5.41) is 3.55. The van der Waals surface area contributed by atoms with Crippen molar-refractivity contribution in [1.29, 1.82) is 0 Å². The van der Waals surface area contributed by atoms with Gasteiger partial charge >= 0.3 is 0 Å². The van der Waals surface area contributed by atoms with Gasteiger partial charge in [-0.15, -0.1) is 0 Å². The normalized spacial score (nSPS) is 22.8. The van der Waals surface area contributed by atoms with Gasteiger partial charge in [-0.1, -0.05) is 38.1 Å². The highest BCUT2D eigenvalue weighted by Gasteiger charge is 2.53. The summed E-state index contributed by atoms with van der Waals surface area (Å²) in [7, 11) is 1.87. The Labute approximate surface area is 158 Å². The van der Waals surface area contributed by atoms with Crippen LogP contribution in [0.3, 0.4) is 0 Å². The molecule has 0 spiro atoms. The molecule has 0 atom stereocenters. The van der Waals surface area contributed by atoms with E-state index in [0.29, 0.717) is 5.41 Å². The molecule has 1 aromatic rings. The molecule has 0 amide bonds. The summed E-state index contributed by atoms with van der Waals surface area (Å²) in [6.07, 6.45) is 0. The highest BCUT2D eigenvalue weighted by Crippen LogP contribution is 2.46. The van der Waals surface area contributed by atoms with Crippen LogP contribution in [0.5, 0.6) is 0 Å². The maximum absolute atomic E-state index is 5.44. The smallest absolute Gasteiger partial charge is 0.194 e. The van der Waals surface area contributed by atoms with Gasteiger partial charge in [-0.2, -0.15) is 0 Å². The fourth-order valence-corrected chi connectivity index (χ4v) is 3.73. The molecule has 2 aliphatic rings. The average molecular weight is 359 g/mol. The monoisotopic (exact) mass is 358 g/mol. The second kappa shape index (κ2) is 7.57. The van der Waals surface area contributed by atoms with E-state index in [9.17, 15) is 0 Å². The molecule has 5 heteroatoms. The number of hydrogen-bond acceptors (Lipinski definition) is 3. The number of aliphatic imine (C=N–C) groups is 1. The molecule has 0 unspecified atom stereocenters. The summed E-state index contributed by atoms with van der Waals surface area (Å²) in [5.41, 5.74) is 3.09. The molecule has 1 aromatic carbocycles. The Hall–Kier alpha value is -1.59. The zero-order chi connectivity index (χ0) is 18.8. The van der Waals surface area contributed by atoms with Gasteiger partial charge in [0.2, 0.25) is 0 Å². The summed E-state index contributed by atoms with van der Waals surface area (Å²) in [6, 6.07) is 8.87. The molecule has 0 radical (unpaired) electrons. The van der Waals surface area contributed by atoms with Crippen molar-refractivity contribution in [2.75, 3.05) is 39.9 Å². The minimum Gasteiger partial charge on any atom is -0.379 e. The van der Waals surface area contributed by atoms with Crippen LogP contribution in [0, 0.1) is 5.41 Å². The second-order valence-electron chi connectivity index (χ2n) is 8.64. The Morgan fingerprint density at radius 1 is 1.15 bits per heavy atom. The van der Waals surface area contributed by atoms with Crippen LogP contribution in [0.15, 0.2) is 29.3 Å². The molecule has 2 heterocycles. The number of likely N-dealkylation sites (tertiary alicyclic amines) is 1. The van der Waals surface area contributed by atoms with Crippen molar-refractivity contribution in [2.24, 2.45) is 10.4 Å². The first-order valence-electron chi connectivity index (χ1n) is 9.70. The number of morpholine rings is 1. The Morgan fingerprint density at radius 3 is 2.46 bits per heavy atom. The van der Waals surface area contributed by atoms with Crippen LogP contribution in [-0.4, -0.2) is 61.2 Å². The molecule has 26 heavy (non-hydrogen) atoms. The van der Waals surface area contributed by atoms with Crippen molar-refractivity contribution in [3.63, 3.8) is 0 Å². The molecule has 2 fully saturated rings. The van der Waals surface area contributed by atoms with Crippen LogP contribution in [0.25, 0.3) is 0 Å². The van der Waals surface area contributed by atoms with Crippen molar-refractivity contribution < 1.29 is 4.74 Å². The Balaban J connectivity index is 1.58. The lowest BCUT2D eigenvalue weighted by atomic mass is 9.65. The standard InChI is InChI=1S/C21H34N4O/c1-20(2)16-25(21(20,3)4)19(22-5)23-14-17-7-6-8-18(13-17)15-24-9-11-26-12-10-24/h6-8,13H,9-12,14-16H2,1-5H3,(H,22,23). The maximum atomic E-state index is 5.44. The summed E-state index contributed by atoms with van der Waals surface area (Å²) in [5.74, 6) is 0.993. The van der Waals surface area contributed by atoms with Gasteiger partial charge in [-0.3, -0.25) is 9.89 Å². The zero-order valence-corrected chi connectivity index (χ0v) is 17.0. The fourth-order valence-electron chi connectivity index (χ4n) is 3.73. The van der Waals surface area contributed by atoms with Crippen LogP contribution < -0.4 is 5.32 Å². The van der Waals surface area contributed by atoms with E-state index in [1.807, 2.05) is 7.05 Å². The first kappa shape index (κ1) is 19.2. The second-order valence-corrected chi connectivity index (χ2v) is 8.64. The maximum Gasteiger partial charge on any atom is 0.194 e. The molecule has 3 rings (SSSR count). The van der Waals surface area contributed by atoms with Crippen LogP contribution in [0.1, 0.15) is 38.8 Å². The first-order chi connectivity index (χ1) is 12.3. The molecule has 0 aromatic heterocycles. The number of nitrogens with one attached hydrogen (secondary N) is 1. The number of nitrogens with zero attached hydrogens (tertiary/aromatic N) is 3. The van der Waals surface area contributed by atoms with E-state index in [2.05, 4.69) is 72.1 Å². The van der Waals surface area contributed by atoms with Crippen molar-refractivity contribution in [3.05, 3.63) is 35.4 Å². The van der Waals surface area contributed by atoms with Crippen LogP contribution in [-0.2, 0) is 17.8 Å². The molecule has 144 valence electrons. The Bertz CT molecular complexity index is 647. The molecule has 1 N–H and O–H groups in total. The van der Waals surface area contributed by atoms with Crippen molar-refractivity contribution in [2.45, 2.75) is 46.3 Å². The van der Waals surface area contributed by atoms with E-state index in [1.54, 1.807) is 0 Å². The number of ether oxygens (including phenoxy) is 1. The average Bonchev–Trinajstić information content (AvgIpc) is 2.62. The third-order valence-corrected chi connectivity index (χ3v) is 6.30. The van der Waals surface area contributed by atoms with E-state index >= 15 is 0 Å². The molecular formula is C21H34N4O. The third-order valence-electron chi connectivity index (χ3n) is 6.30. The summed E-state index contributed by atoms with van der Waals surface area (Å²) in [6.45, 7) is 15.8. The highest BCUT2D eigenvalue weighted by molar-refractivity contribution is 5.82. The molecule has 0 saturated carbocycles. The van der Waals surface area contributed by atoms with Gasteiger partial charge in [0.25, 0.3) is 0 Å². The molecular weight excluding hydrogens is 324 g/mol. The van der Waals surface area contributed by atoms with Crippen LogP contribution >= 0.6 is 0 Å². The van der Waals surface area contributed by atoms with Gasteiger partial charge < -0.3 is 15.0 Å². The van der Waals surface area contributed by atoms with E-state index in [0.717, 1.165) is 51.9 Å². The van der Waals surface area contributed by atoms with Crippen molar-refractivity contribution >= 4 is 5.96 Å². The fraction of sp³-hybridized carbons (Fsp3) is 0.667. The number of guanidine groups is 1. The molecule has 0 aliphatic carbocycles. The predicted octanol–water partition coefficient (Wildman–Crippen LogP) is 2.71. The zero-order valence-electron chi connectivity index (χ0n) is 17.0. The van der Waals surface area contributed by atoms with E-state index < -0.39 is 0 Å².